The zero-order valence-electron chi connectivity index (χ0n) is 13.0. The van der Waals surface area contributed by atoms with Crippen LogP contribution in [0.25, 0.3) is 11.5 Å². The molecule has 25 heavy (non-hydrogen) atoms. The first-order valence-electron chi connectivity index (χ1n) is 7.33. The van der Waals surface area contributed by atoms with Gasteiger partial charge in [-0.1, -0.05) is 35.3 Å². The normalized spacial score (nSPS) is 15.9. The molecule has 130 valence electrons. The predicted molar refractivity (Wildman–Crippen MR) is 97.3 cm³/mol. The maximum absolute atomic E-state index is 13.0. The number of aliphatic hydroxyl groups excluding tert-OH is 1. The Kier molecular flexibility index (Phi) is 4.53. The van der Waals surface area contributed by atoms with Crippen LogP contribution < -0.4 is 0 Å². The molecule has 5 nitrogen and oxygen atoms in total. The number of fused-ring (bicyclic) bond motifs is 1. The standard InChI is InChI=1S/C17H13Cl2NO4S/c1-2-20-16(14-10(9-21)7-8-12(18)15(14)19)17(22)11-5-3-4-6-13(11)25(20,23)24/h3-9,22H,2H2,1H3. The molecule has 1 aliphatic rings. The number of sulfonamides is 1. The fourth-order valence-electron chi connectivity index (χ4n) is 2.85. The minimum absolute atomic E-state index is 0.000785. The van der Waals surface area contributed by atoms with E-state index in [0.29, 0.717) is 6.29 Å². The van der Waals surface area contributed by atoms with Crippen molar-refractivity contribution in [3.63, 3.8) is 0 Å². The summed E-state index contributed by atoms with van der Waals surface area (Å²) in [5.74, 6) is -0.278. The number of carbonyl (C=O) groups is 1. The minimum atomic E-state index is -3.92. The third-order valence-electron chi connectivity index (χ3n) is 3.96. The molecule has 1 N–H and O–H groups in total. The van der Waals surface area contributed by atoms with Crippen LogP contribution in [0.5, 0.6) is 0 Å². The molecule has 0 bridgehead atoms. The zero-order valence-corrected chi connectivity index (χ0v) is 15.4. The van der Waals surface area contributed by atoms with Crippen molar-refractivity contribution in [3.8, 4) is 0 Å². The van der Waals surface area contributed by atoms with Gasteiger partial charge in [-0.05, 0) is 31.2 Å². The summed E-state index contributed by atoms with van der Waals surface area (Å²) >= 11 is 12.3. The Labute approximate surface area is 155 Å². The second-order valence-electron chi connectivity index (χ2n) is 5.31. The van der Waals surface area contributed by atoms with Crippen LogP contribution in [0.3, 0.4) is 0 Å². The van der Waals surface area contributed by atoms with Gasteiger partial charge >= 0.3 is 0 Å². The molecule has 0 fully saturated rings. The molecule has 8 heteroatoms. The van der Waals surface area contributed by atoms with Crippen LogP contribution in [0.15, 0.2) is 41.3 Å². The quantitative estimate of drug-likeness (QED) is 0.786. The number of nitrogens with zero attached hydrogens (tertiary/aromatic N) is 1. The molecular weight excluding hydrogens is 385 g/mol. The first-order valence-corrected chi connectivity index (χ1v) is 9.53. The van der Waals surface area contributed by atoms with Gasteiger partial charge in [-0.15, -0.1) is 0 Å². The predicted octanol–water partition coefficient (Wildman–Crippen LogP) is 4.21. The number of aldehydes is 1. The first kappa shape index (κ1) is 17.8. The fraction of sp³-hybridized carbons (Fsp3) is 0.118. The summed E-state index contributed by atoms with van der Waals surface area (Å²) in [5, 5.41) is 10.9. The van der Waals surface area contributed by atoms with Crippen LogP contribution in [-0.2, 0) is 10.0 Å². The maximum atomic E-state index is 13.0. The second kappa shape index (κ2) is 6.37. The number of rotatable bonds is 3. The second-order valence-corrected chi connectivity index (χ2v) is 7.92. The van der Waals surface area contributed by atoms with Crippen molar-refractivity contribution in [1.82, 2.24) is 4.31 Å². The topological polar surface area (TPSA) is 74.7 Å². The largest absolute Gasteiger partial charge is 0.505 e. The average molecular weight is 398 g/mol. The van der Waals surface area contributed by atoms with Gasteiger partial charge in [0.05, 0.1) is 14.9 Å². The Hall–Kier alpha value is -2.02. The molecule has 0 spiro atoms. The van der Waals surface area contributed by atoms with Crippen molar-refractivity contribution < 1.29 is 18.3 Å². The van der Waals surface area contributed by atoms with Crippen molar-refractivity contribution in [3.05, 3.63) is 63.1 Å². The van der Waals surface area contributed by atoms with E-state index in [9.17, 15) is 18.3 Å². The Morgan fingerprint density at radius 1 is 1.16 bits per heavy atom. The van der Waals surface area contributed by atoms with Gasteiger partial charge in [0.1, 0.15) is 11.5 Å². The van der Waals surface area contributed by atoms with Gasteiger partial charge in [-0.3, -0.25) is 9.10 Å². The van der Waals surface area contributed by atoms with Crippen molar-refractivity contribution in [2.24, 2.45) is 0 Å². The van der Waals surface area contributed by atoms with Crippen molar-refractivity contribution in [2.75, 3.05) is 6.54 Å². The number of carbonyl (C=O) groups excluding carboxylic acids is 1. The van der Waals surface area contributed by atoms with Crippen LogP contribution in [0, 0.1) is 0 Å². The summed E-state index contributed by atoms with van der Waals surface area (Å²) in [7, 11) is -3.92. The maximum Gasteiger partial charge on any atom is 0.265 e. The highest BCUT2D eigenvalue weighted by molar-refractivity contribution is 7.89. The Balaban J connectivity index is 2.47. The lowest BCUT2D eigenvalue weighted by molar-refractivity contribution is 0.112. The molecule has 1 aliphatic heterocycles. The zero-order chi connectivity index (χ0) is 18.4. The van der Waals surface area contributed by atoms with Crippen LogP contribution in [-0.4, -0.2) is 30.7 Å². The summed E-state index contributed by atoms with van der Waals surface area (Å²) in [6.45, 7) is 1.66. The highest BCUT2D eigenvalue weighted by Crippen LogP contribution is 2.44. The van der Waals surface area contributed by atoms with Crippen LogP contribution in [0.4, 0.5) is 0 Å². The van der Waals surface area contributed by atoms with Gasteiger partial charge in [0, 0.05) is 23.2 Å². The van der Waals surface area contributed by atoms with Gasteiger partial charge in [0.25, 0.3) is 10.0 Å². The monoisotopic (exact) mass is 397 g/mol. The van der Waals surface area contributed by atoms with Crippen LogP contribution in [0.2, 0.25) is 10.0 Å². The number of aliphatic hydroxyl groups is 1. The van der Waals surface area contributed by atoms with Crippen molar-refractivity contribution in [2.45, 2.75) is 11.8 Å². The Morgan fingerprint density at radius 3 is 2.48 bits per heavy atom. The number of halogens is 2. The third kappa shape index (κ3) is 2.61. The lowest BCUT2D eigenvalue weighted by Gasteiger charge is -2.32. The smallest absolute Gasteiger partial charge is 0.265 e. The lowest BCUT2D eigenvalue weighted by atomic mass is 10.0. The van der Waals surface area contributed by atoms with Crippen LogP contribution >= 0.6 is 23.2 Å². The number of hydrogen-bond acceptors (Lipinski definition) is 4. The highest BCUT2D eigenvalue weighted by Gasteiger charge is 2.38. The Morgan fingerprint density at radius 2 is 1.84 bits per heavy atom. The van der Waals surface area contributed by atoms with E-state index < -0.39 is 10.0 Å². The third-order valence-corrected chi connectivity index (χ3v) is 6.70. The van der Waals surface area contributed by atoms with E-state index in [2.05, 4.69) is 0 Å². The SMILES string of the molecule is CCN1C(c2c(C=O)ccc(Cl)c2Cl)=C(O)c2ccccc2S1(=O)=O. The van der Waals surface area contributed by atoms with Crippen LogP contribution in [0.1, 0.15) is 28.4 Å². The molecule has 2 aromatic rings. The lowest BCUT2D eigenvalue weighted by Crippen LogP contribution is -2.34. The molecule has 0 amide bonds. The first-order chi connectivity index (χ1) is 11.8. The van der Waals surface area contributed by atoms with Gasteiger partial charge in [0.2, 0.25) is 0 Å². The minimum Gasteiger partial charge on any atom is -0.505 e. The number of benzene rings is 2. The summed E-state index contributed by atoms with van der Waals surface area (Å²) in [4.78, 5) is 11.5. The van der Waals surface area contributed by atoms with Gasteiger partial charge in [-0.25, -0.2) is 8.42 Å². The number of hydrogen-bond donors (Lipinski definition) is 1. The Bertz CT molecular complexity index is 1020. The molecule has 0 unspecified atom stereocenters. The van der Waals surface area contributed by atoms with E-state index in [0.717, 1.165) is 4.31 Å². The molecule has 2 aromatic carbocycles. The molecule has 0 aromatic heterocycles. The van der Waals surface area contributed by atoms with E-state index >= 15 is 0 Å². The summed E-state index contributed by atoms with van der Waals surface area (Å²) in [6.07, 6.45) is 0.540. The molecular formula is C17H13Cl2NO4S. The summed E-state index contributed by atoms with van der Waals surface area (Å²) in [5.41, 5.74) is 0.302. The highest BCUT2D eigenvalue weighted by atomic mass is 35.5. The average Bonchev–Trinajstić information content (AvgIpc) is 2.60. The molecule has 0 atom stereocenters. The fourth-order valence-corrected chi connectivity index (χ4v) is 4.96. The summed E-state index contributed by atoms with van der Waals surface area (Å²) < 4.78 is 27.0. The molecule has 1 heterocycles. The van der Waals surface area contributed by atoms with E-state index in [1.54, 1.807) is 19.1 Å². The van der Waals surface area contributed by atoms with E-state index in [1.165, 1.54) is 24.3 Å². The summed E-state index contributed by atoms with van der Waals surface area (Å²) in [6, 6.07) is 8.97. The molecule has 3 rings (SSSR count). The molecule has 0 saturated heterocycles. The van der Waals surface area contributed by atoms with E-state index in [-0.39, 0.29) is 49.6 Å². The molecule has 0 aliphatic carbocycles. The molecule has 0 saturated carbocycles. The van der Waals surface area contributed by atoms with E-state index in [4.69, 9.17) is 23.2 Å². The van der Waals surface area contributed by atoms with Gasteiger partial charge in [0.15, 0.2) is 6.29 Å². The van der Waals surface area contributed by atoms with Gasteiger partial charge < -0.3 is 5.11 Å². The molecule has 0 radical (unpaired) electrons. The van der Waals surface area contributed by atoms with E-state index in [1.807, 2.05) is 0 Å². The van der Waals surface area contributed by atoms with Crippen molar-refractivity contribution in [1.29, 1.82) is 0 Å². The van der Waals surface area contributed by atoms with Crippen molar-refractivity contribution >= 4 is 51.0 Å². The van der Waals surface area contributed by atoms with Gasteiger partial charge in [-0.2, -0.15) is 0 Å².